The second kappa shape index (κ2) is 12.7. The summed E-state index contributed by atoms with van der Waals surface area (Å²) in [5.41, 5.74) is 2.99. The Morgan fingerprint density at radius 2 is 1.67 bits per heavy atom. The van der Waals surface area contributed by atoms with Gasteiger partial charge in [-0.2, -0.15) is 15.8 Å². The maximum atomic E-state index is 13.3. The van der Waals surface area contributed by atoms with Crippen molar-refractivity contribution in [3.8, 4) is 18.2 Å². The molecule has 0 aromatic heterocycles. The smallest absolute Gasteiger partial charge is 0.260 e. The van der Waals surface area contributed by atoms with Crippen LogP contribution < -0.4 is 4.90 Å². The second-order valence-corrected chi connectivity index (χ2v) is 8.49. The lowest BCUT2D eigenvalue weighted by Crippen LogP contribution is -2.27. The van der Waals surface area contributed by atoms with E-state index in [-0.39, 0.29) is 29.0 Å². The summed E-state index contributed by atoms with van der Waals surface area (Å²) in [7, 11) is 0. The van der Waals surface area contributed by atoms with Crippen LogP contribution in [0.3, 0.4) is 0 Å². The average molecular weight is 476 g/mol. The molecule has 180 valence electrons. The Balaban J connectivity index is 1.90. The highest BCUT2D eigenvalue weighted by Gasteiger charge is 2.37. The Hall–Kier alpha value is -4.60. The quantitative estimate of drug-likeness (QED) is 0.314. The molecule has 0 radical (unpaired) electrons. The van der Waals surface area contributed by atoms with Crippen LogP contribution in [0.1, 0.15) is 37.3 Å². The molecule has 6 nitrogen and oxygen atoms in total. The van der Waals surface area contributed by atoms with Crippen molar-refractivity contribution in [1.29, 1.82) is 15.8 Å². The van der Waals surface area contributed by atoms with Gasteiger partial charge in [-0.05, 0) is 42.5 Å². The lowest BCUT2D eigenvalue weighted by Gasteiger charge is -2.25. The van der Waals surface area contributed by atoms with E-state index in [2.05, 4.69) is 48.7 Å². The molecule has 0 spiro atoms. The van der Waals surface area contributed by atoms with Crippen molar-refractivity contribution < 1.29 is 4.79 Å². The molecule has 1 heterocycles. The van der Waals surface area contributed by atoms with E-state index < -0.39 is 5.91 Å². The van der Waals surface area contributed by atoms with Gasteiger partial charge in [-0.25, -0.2) is 0 Å². The summed E-state index contributed by atoms with van der Waals surface area (Å²) < 4.78 is 0. The molecule has 3 rings (SSSR count). The van der Waals surface area contributed by atoms with E-state index in [4.69, 9.17) is 0 Å². The van der Waals surface area contributed by atoms with Crippen molar-refractivity contribution in [2.45, 2.75) is 32.6 Å². The van der Waals surface area contributed by atoms with Crippen molar-refractivity contribution in [3.05, 3.63) is 95.2 Å². The van der Waals surface area contributed by atoms with Gasteiger partial charge in [0.2, 0.25) is 0 Å². The van der Waals surface area contributed by atoms with Crippen molar-refractivity contribution in [2.75, 3.05) is 24.5 Å². The van der Waals surface area contributed by atoms with Gasteiger partial charge in [-0.15, -0.1) is 6.58 Å². The summed E-state index contributed by atoms with van der Waals surface area (Å²) in [5, 5.41) is 28.7. The van der Waals surface area contributed by atoms with E-state index in [9.17, 15) is 20.6 Å². The molecule has 1 amide bonds. The van der Waals surface area contributed by atoms with E-state index in [1.807, 2.05) is 42.5 Å². The molecule has 1 aliphatic heterocycles. The third-order valence-corrected chi connectivity index (χ3v) is 6.14. The highest BCUT2D eigenvalue weighted by atomic mass is 16.2. The van der Waals surface area contributed by atoms with Crippen LogP contribution in [0.15, 0.2) is 84.1 Å². The lowest BCUT2D eigenvalue weighted by atomic mass is 9.99. The fraction of sp³-hybridized carbons (Fsp3) is 0.267. The highest BCUT2D eigenvalue weighted by Crippen LogP contribution is 2.37. The predicted molar refractivity (Wildman–Crippen MR) is 141 cm³/mol. The molecule has 0 fully saturated rings. The summed E-state index contributed by atoms with van der Waals surface area (Å²) >= 11 is 0. The molecular formula is C30H29N5O. The fourth-order valence-corrected chi connectivity index (χ4v) is 4.34. The number of rotatable bonds is 11. The Kier molecular flexibility index (Phi) is 9.21. The van der Waals surface area contributed by atoms with Gasteiger partial charge >= 0.3 is 0 Å². The summed E-state index contributed by atoms with van der Waals surface area (Å²) in [6, 6.07) is 23.7. The minimum Gasteiger partial charge on any atom is -0.372 e. The van der Waals surface area contributed by atoms with Gasteiger partial charge in [0.15, 0.2) is 5.57 Å². The summed E-state index contributed by atoms with van der Waals surface area (Å²) in [4.78, 5) is 16.9. The van der Waals surface area contributed by atoms with Gasteiger partial charge in [0.1, 0.15) is 18.2 Å². The molecule has 0 saturated heterocycles. The van der Waals surface area contributed by atoms with Gasteiger partial charge in [0.05, 0.1) is 16.8 Å². The SMILES string of the molecule is C=CCN1C(=O)C(c2ccc(N(CCCC)CCCc3ccccc3)cc2)=C(C#N)C1=C(C#N)C#N. The zero-order valence-corrected chi connectivity index (χ0v) is 20.6. The second-order valence-electron chi connectivity index (χ2n) is 8.49. The zero-order chi connectivity index (χ0) is 25.9. The first kappa shape index (κ1) is 26.0. The Bertz CT molecular complexity index is 1270. The minimum atomic E-state index is -0.414. The Labute approximate surface area is 213 Å². The molecule has 6 heteroatoms. The minimum absolute atomic E-state index is 0.0402. The van der Waals surface area contributed by atoms with Crippen LogP contribution in [0, 0.1) is 34.0 Å². The Morgan fingerprint density at radius 3 is 2.25 bits per heavy atom. The molecule has 36 heavy (non-hydrogen) atoms. The molecule has 0 N–H and O–H groups in total. The first-order valence-electron chi connectivity index (χ1n) is 12.1. The molecule has 1 aliphatic rings. The summed E-state index contributed by atoms with van der Waals surface area (Å²) in [6.45, 7) is 7.77. The number of amides is 1. The third-order valence-electron chi connectivity index (χ3n) is 6.14. The number of anilines is 1. The largest absolute Gasteiger partial charge is 0.372 e. The van der Waals surface area contributed by atoms with Crippen LogP contribution in [0.4, 0.5) is 5.69 Å². The normalized spacial score (nSPS) is 12.7. The number of nitriles is 3. The maximum Gasteiger partial charge on any atom is 0.260 e. The number of allylic oxidation sites excluding steroid dienone is 2. The summed E-state index contributed by atoms with van der Waals surface area (Å²) in [6.07, 6.45) is 5.70. The van der Waals surface area contributed by atoms with Crippen LogP contribution in [-0.2, 0) is 11.2 Å². The molecule has 0 aliphatic carbocycles. The molecule has 0 saturated carbocycles. The molecule has 0 unspecified atom stereocenters. The van der Waals surface area contributed by atoms with Gasteiger partial charge < -0.3 is 9.80 Å². The van der Waals surface area contributed by atoms with Crippen LogP contribution in [0.2, 0.25) is 0 Å². The topological polar surface area (TPSA) is 94.9 Å². The molecule has 0 bridgehead atoms. The number of carbonyl (C=O) groups excluding carboxylic acids is 1. The Morgan fingerprint density at radius 1 is 1.00 bits per heavy atom. The predicted octanol–water partition coefficient (Wildman–Crippen LogP) is 5.53. The van der Waals surface area contributed by atoms with Crippen molar-refractivity contribution >= 4 is 17.2 Å². The monoisotopic (exact) mass is 475 g/mol. The number of unbranched alkanes of at least 4 members (excludes halogenated alkanes) is 1. The standard InChI is InChI=1S/C30H29N5O/c1-3-5-18-34(19-9-12-23-10-7-6-8-11-23)26-15-13-24(14-16-26)28-27(22-33)29(25(20-31)21-32)35(17-4-2)30(28)36/h4,6-8,10-11,13-16H,2-3,5,9,12,17-19H2,1H3. The molecule has 2 aromatic rings. The van der Waals surface area contributed by atoms with Crippen molar-refractivity contribution in [3.63, 3.8) is 0 Å². The number of benzene rings is 2. The fourth-order valence-electron chi connectivity index (χ4n) is 4.34. The van der Waals surface area contributed by atoms with E-state index in [0.717, 1.165) is 44.5 Å². The van der Waals surface area contributed by atoms with Crippen molar-refractivity contribution in [2.24, 2.45) is 0 Å². The van der Waals surface area contributed by atoms with Gasteiger partial charge in [-0.3, -0.25) is 4.79 Å². The zero-order valence-electron chi connectivity index (χ0n) is 20.6. The van der Waals surface area contributed by atoms with Crippen LogP contribution in [0.5, 0.6) is 0 Å². The lowest BCUT2D eigenvalue weighted by molar-refractivity contribution is -0.122. The van der Waals surface area contributed by atoms with E-state index >= 15 is 0 Å². The van der Waals surface area contributed by atoms with E-state index in [1.54, 1.807) is 0 Å². The number of nitrogens with zero attached hydrogens (tertiary/aromatic N) is 5. The average Bonchev–Trinajstić information content (AvgIpc) is 3.19. The molecule has 0 atom stereocenters. The van der Waals surface area contributed by atoms with Gasteiger partial charge in [0, 0.05) is 25.3 Å². The van der Waals surface area contributed by atoms with Crippen LogP contribution >= 0.6 is 0 Å². The maximum absolute atomic E-state index is 13.3. The van der Waals surface area contributed by atoms with Crippen LogP contribution in [0.25, 0.3) is 5.57 Å². The summed E-state index contributed by atoms with van der Waals surface area (Å²) in [5.74, 6) is -0.414. The molecular weight excluding hydrogens is 446 g/mol. The number of aryl methyl sites for hydroxylation is 1. The van der Waals surface area contributed by atoms with Gasteiger partial charge in [-0.1, -0.05) is 61.9 Å². The van der Waals surface area contributed by atoms with Crippen LogP contribution in [-0.4, -0.2) is 30.4 Å². The third kappa shape index (κ3) is 5.72. The first-order chi connectivity index (χ1) is 17.6. The van der Waals surface area contributed by atoms with Gasteiger partial charge in [0.25, 0.3) is 5.91 Å². The van der Waals surface area contributed by atoms with E-state index in [1.165, 1.54) is 16.5 Å². The number of hydrogen-bond donors (Lipinski definition) is 0. The molecule has 2 aromatic carbocycles. The number of hydrogen-bond acceptors (Lipinski definition) is 5. The number of carbonyl (C=O) groups is 1. The highest BCUT2D eigenvalue weighted by molar-refractivity contribution is 6.26. The van der Waals surface area contributed by atoms with E-state index in [0.29, 0.717) is 5.56 Å². The first-order valence-corrected chi connectivity index (χ1v) is 12.1. The van der Waals surface area contributed by atoms with Crippen molar-refractivity contribution in [1.82, 2.24) is 4.90 Å².